The van der Waals surface area contributed by atoms with Crippen LogP contribution in [0.3, 0.4) is 0 Å². The second kappa shape index (κ2) is 3.79. The van der Waals surface area contributed by atoms with Crippen molar-refractivity contribution in [1.82, 2.24) is 10.2 Å². The van der Waals surface area contributed by atoms with E-state index in [2.05, 4.69) is 5.32 Å². The number of halogens is 1. The van der Waals surface area contributed by atoms with E-state index >= 15 is 0 Å². The topological polar surface area (TPSA) is 45.5 Å². The molecule has 1 aromatic heterocycles. The van der Waals surface area contributed by atoms with Gasteiger partial charge in [-0.2, -0.15) is 0 Å². The average molecular weight is 241 g/mol. The Balaban J connectivity index is 1.73. The number of rotatable bonds is 1. The third-order valence-corrected chi connectivity index (χ3v) is 3.66. The molecule has 3 rings (SSSR count). The molecule has 2 fully saturated rings. The van der Waals surface area contributed by atoms with E-state index in [0.29, 0.717) is 17.6 Å². The minimum absolute atomic E-state index is 0.0405. The number of nitrogens with one attached hydrogen (secondary N) is 1. The molecule has 2 saturated heterocycles. The number of carbonyl (C=O) groups excluding carboxylic acids is 1. The molecular weight excluding hydrogens is 228 g/mol. The summed E-state index contributed by atoms with van der Waals surface area (Å²) in [5.41, 5.74) is 0. The number of nitrogens with zero attached hydrogens (tertiary/aromatic N) is 1. The van der Waals surface area contributed by atoms with Crippen molar-refractivity contribution in [3.05, 3.63) is 23.1 Å². The molecule has 0 bridgehead atoms. The van der Waals surface area contributed by atoms with Crippen LogP contribution in [0.15, 0.2) is 16.5 Å². The summed E-state index contributed by atoms with van der Waals surface area (Å²) in [4.78, 5) is 13.9. The average Bonchev–Trinajstić information content (AvgIpc) is 2.89. The molecule has 86 valence electrons. The Bertz CT molecular complexity index is 406. The van der Waals surface area contributed by atoms with Gasteiger partial charge in [0.15, 0.2) is 11.0 Å². The smallest absolute Gasteiger partial charge is 0.289 e. The highest BCUT2D eigenvalue weighted by Gasteiger charge is 2.38. The largest absolute Gasteiger partial charge is 0.440 e. The molecule has 2 aliphatic rings. The Morgan fingerprint density at radius 2 is 2.06 bits per heavy atom. The van der Waals surface area contributed by atoms with Gasteiger partial charge in [0, 0.05) is 26.2 Å². The summed E-state index contributed by atoms with van der Waals surface area (Å²) in [6.45, 7) is 3.70. The molecule has 4 nitrogen and oxygen atoms in total. The van der Waals surface area contributed by atoms with Gasteiger partial charge in [0.25, 0.3) is 5.91 Å². The number of amides is 1. The van der Waals surface area contributed by atoms with Crippen molar-refractivity contribution in [1.29, 1.82) is 0 Å². The zero-order valence-electron chi connectivity index (χ0n) is 8.78. The van der Waals surface area contributed by atoms with Gasteiger partial charge in [-0.1, -0.05) is 0 Å². The van der Waals surface area contributed by atoms with Crippen LogP contribution in [0.1, 0.15) is 10.6 Å². The van der Waals surface area contributed by atoms with E-state index < -0.39 is 0 Å². The Morgan fingerprint density at radius 1 is 1.38 bits per heavy atom. The Kier molecular flexibility index (Phi) is 2.41. The van der Waals surface area contributed by atoms with Gasteiger partial charge in [-0.25, -0.2) is 0 Å². The first-order chi connectivity index (χ1) is 7.74. The SMILES string of the molecule is O=C(c1ccc(Cl)o1)N1C[C@H]2CNC[C@H]2C1. The second-order valence-corrected chi connectivity index (χ2v) is 4.86. The van der Waals surface area contributed by atoms with Crippen LogP contribution in [0, 0.1) is 11.8 Å². The van der Waals surface area contributed by atoms with Gasteiger partial charge in [0.05, 0.1) is 0 Å². The first kappa shape index (κ1) is 10.2. The van der Waals surface area contributed by atoms with Crippen molar-refractivity contribution in [3.8, 4) is 0 Å². The molecule has 0 spiro atoms. The van der Waals surface area contributed by atoms with E-state index in [1.54, 1.807) is 12.1 Å². The third kappa shape index (κ3) is 1.62. The van der Waals surface area contributed by atoms with Crippen LogP contribution in [-0.2, 0) is 0 Å². The van der Waals surface area contributed by atoms with Gasteiger partial charge >= 0.3 is 0 Å². The van der Waals surface area contributed by atoms with Crippen LogP contribution in [0.2, 0.25) is 5.22 Å². The van der Waals surface area contributed by atoms with E-state index in [9.17, 15) is 4.79 Å². The highest BCUT2D eigenvalue weighted by Crippen LogP contribution is 2.28. The number of fused-ring (bicyclic) bond motifs is 1. The van der Waals surface area contributed by atoms with Gasteiger partial charge in [-0.05, 0) is 35.6 Å². The molecule has 16 heavy (non-hydrogen) atoms. The molecule has 2 aliphatic heterocycles. The summed E-state index contributed by atoms with van der Waals surface area (Å²) in [6, 6.07) is 3.24. The zero-order chi connectivity index (χ0) is 11.1. The van der Waals surface area contributed by atoms with E-state index in [4.69, 9.17) is 16.0 Å². The molecule has 1 amide bonds. The Hall–Kier alpha value is -1.00. The van der Waals surface area contributed by atoms with Gasteiger partial charge in [0.2, 0.25) is 0 Å². The van der Waals surface area contributed by atoms with Crippen molar-refractivity contribution < 1.29 is 9.21 Å². The quantitative estimate of drug-likeness (QED) is 0.803. The van der Waals surface area contributed by atoms with Crippen LogP contribution < -0.4 is 5.32 Å². The zero-order valence-corrected chi connectivity index (χ0v) is 9.54. The molecule has 0 aliphatic carbocycles. The first-order valence-corrected chi connectivity index (χ1v) is 5.87. The van der Waals surface area contributed by atoms with Crippen molar-refractivity contribution in [2.75, 3.05) is 26.2 Å². The summed E-state index contributed by atoms with van der Waals surface area (Å²) in [7, 11) is 0. The molecule has 1 N–H and O–H groups in total. The maximum atomic E-state index is 12.0. The van der Waals surface area contributed by atoms with Gasteiger partial charge < -0.3 is 14.6 Å². The summed E-state index contributed by atoms with van der Waals surface area (Å²) in [5.74, 6) is 1.52. The maximum Gasteiger partial charge on any atom is 0.289 e. The van der Waals surface area contributed by atoms with Crippen LogP contribution in [0.25, 0.3) is 0 Å². The normalized spacial score (nSPS) is 28.4. The van der Waals surface area contributed by atoms with Gasteiger partial charge in [0.1, 0.15) is 0 Å². The lowest BCUT2D eigenvalue weighted by Crippen LogP contribution is -2.31. The van der Waals surface area contributed by atoms with Crippen molar-refractivity contribution in [2.24, 2.45) is 11.8 Å². The van der Waals surface area contributed by atoms with Crippen LogP contribution in [0.5, 0.6) is 0 Å². The first-order valence-electron chi connectivity index (χ1n) is 5.49. The molecule has 0 aromatic carbocycles. The summed E-state index contributed by atoms with van der Waals surface area (Å²) in [6.07, 6.45) is 0. The van der Waals surface area contributed by atoms with Gasteiger partial charge in [-0.15, -0.1) is 0 Å². The molecular formula is C11H13ClN2O2. The predicted molar refractivity (Wildman–Crippen MR) is 59.5 cm³/mol. The third-order valence-electron chi connectivity index (χ3n) is 3.46. The highest BCUT2D eigenvalue weighted by atomic mass is 35.5. The molecule has 0 unspecified atom stereocenters. The lowest BCUT2D eigenvalue weighted by atomic mass is 10.0. The van der Waals surface area contributed by atoms with Crippen molar-refractivity contribution >= 4 is 17.5 Å². The lowest BCUT2D eigenvalue weighted by molar-refractivity contribution is 0.0750. The minimum Gasteiger partial charge on any atom is -0.440 e. The fourth-order valence-electron chi connectivity index (χ4n) is 2.61. The minimum atomic E-state index is -0.0405. The molecule has 5 heteroatoms. The fourth-order valence-corrected chi connectivity index (χ4v) is 2.75. The van der Waals surface area contributed by atoms with Crippen molar-refractivity contribution in [3.63, 3.8) is 0 Å². The standard InChI is InChI=1S/C11H13ClN2O2/c12-10-2-1-9(16-10)11(15)14-5-7-3-13-4-8(7)6-14/h1-2,7-8,13H,3-6H2/t7-,8+. The molecule has 0 saturated carbocycles. The number of carbonyl (C=O) groups is 1. The monoisotopic (exact) mass is 240 g/mol. The van der Waals surface area contributed by atoms with Crippen molar-refractivity contribution in [2.45, 2.75) is 0 Å². The van der Waals surface area contributed by atoms with Gasteiger partial charge in [-0.3, -0.25) is 4.79 Å². The summed E-state index contributed by atoms with van der Waals surface area (Å²) in [5, 5.41) is 3.61. The molecule has 0 radical (unpaired) electrons. The number of hydrogen-bond donors (Lipinski definition) is 1. The summed E-state index contributed by atoms with van der Waals surface area (Å²) >= 11 is 5.66. The lowest BCUT2D eigenvalue weighted by Gasteiger charge is -2.15. The second-order valence-electron chi connectivity index (χ2n) is 4.49. The van der Waals surface area contributed by atoms with E-state index in [1.165, 1.54) is 0 Å². The summed E-state index contributed by atoms with van der Waals surface area (Å²) < 4.78 is 5.14. The Morgan fingerprint density at radius 3 is 2.62 bits per heavy atom. The van der Waals surface area contributed by atoms with Crippen LogP contribution >= 0.6 is 11.6 Å². The highest BCUT2D eigenvalue weighted by molar-refractivity contribution is 6.29. The van der Waals surface area contributed by atoms with E-state index in [-0.39, 0.29) is 11.1 Å². The van der Waals surface area contributed by atoms with Crippen LogP contribution in [0.4, 0.5) is 0 Å². The molecule has 2 atom stereocenters. The maximum absolute atomic E-state index is 12.0. The predicted octanol–water partition coefficient (Wildman–Crippen LogP) is 1.22. The van der Waals surface area contributed by atoms with E-state index in [0.717, 1.165) is 26.2 Å². The number of likely N-dealkylation sites (tertiary alicyclic amines) is 1. The van der Waals surface area contributed by atoms with E-state index in [1.807, 2.05) is 4.90 Å². The molecule has 1 aromatic rings. The number of hydrogen-bond acceptors (Lipinski definition) is 3. The Labute approximate surface area is 98.5 Å². The van der Waals surface area contributed by atoms with Crippen LogP contribution in [-0.4, -0.2) is 37.0 Å². The number of furan rings is 1. The molecule has 3 heterocycles. The fraction of sp³-hybridized carbons (Fsp3) is 0.545.